The molecule has 1 fully saturated rings. The maximum absolute atomic E-state index is 6.31. The number of halogens is 1. The molecule has 0 bridgehead atoms. The van der Waals surface area contributed by atoms with Gasteiger partial charge in [0.15, 0.2) is 0 Å². The molecule has 0 atom stereocenters. The van der Waals surface area contributed by atoms with Gasteiger partial charge in [-0.05, 0) is 24.5 Å². The second kappa shape index (κ2) is 4.77. The highest BCUT2D eigenvalue weighted by atomic mass is 35.5. The van der Waals surface area contributed by atoms with E-state index in [1.807, 2.05) is 12.1 Å². The first kappa shape index (κ1) is 11.9. The SMILES string of the molecule is CC(C)NCC1(c2ccccc2Cl)CCC1. The van der Waals surface area contributed by atoms with Crippen LogP contribution in [0.25, 0.3) is 0 Å². The van der Waals surface area contributed by atoms with Gasteiger partial charge < -0.3 is 5.32 Å². The fourth-order valence-corrected chi connectivity index (χ4v) is 2.77. The highest BCUT2D eigenvalue weighted by Crippen LogP contribution is 2.45. The summed E-state index contributed by atoms with van der Waals surface area (Å²) >= 11 is 6.31. The van der Waals surface area contributed by atoms with Gasteiger partial charge in [-0.15, -0.1) is 0 Å². The van der Waals surface area contributed by atoms with Crippen LogP contribution in [0.5, 0.6) is 0 Å². The molecule has 0 aromatic heterocycles. The Morgan fingerprint density at radius 1 is 1.31 bits per heavy atom. The smallest absolute Gasteiger partial charge is 0.0444 e. The van der Waals surface area contributed by atoms with Gasteiger partial charge in [0.2, 0.25) is 0 Å². The van der Waals surface area contributed by atoms with E-state index < -0.39 is 0 Å². The van der Waals surface area contributed by atoms with Crippen molar-refractivity contribution in [2.75, 3.05) is 6.54 Å². The summed E-state index contributed by atoms with van der Waals surface area (Å²) in [4.78, 5) is 0. The first-order valence-corrected chi connectivity index (χ1v) is 6.50. The van der Waals surface area contributed by atoms with Crippen molar-refractivity contribution in [1.82, 2.24) is 5.32 Å². The van der Waals surface area contributed by atoms with E-state index in [1.165, 1.54) is 24.8 Å². The number of hydrogen-bond acceptors (Lipinski definition) is 1. The lowest BCUT2D eigenvalue weighted by atomic mass is 9.64. The third kappa shape index (κ3) is 2.26. The van der Waals surface area contributed by atoms with Gasteiger partial charge >= 0.3 is 0 Å². The van der Waals surface area contributed by atoms with Crippen LogP contribution in [-0.4, -0.2) is 12.6 Å². The summed E-state index contributed by atoms with van der Waals surface area (Å²) < 4.78 is 0. The molecule has 0 amide bonds. The number of hydrogen-bond donors (Lipinski definition) is 1. The zero-order valence-corrected chi connectivity index (χ0v) is 10.8. The van der Waals surface area contributed by atoms with Crippen molar-refractivity contribution in [3.63, 3.8) is 0 Å². The molecule has 0 saturated heterocycles. The molecule has 0 aliphatic heterocycles. The van der Waals surface area contributed by atoms with Crippen molar-refractivity contribution in [3.8, 4) is 0 Å². The molecule has 88 valence electrons. The molecule has 1 aromatic rings. The first-order chi connectivity index (χ1) is 7.64. The Morgan fingerprint density at radius 2 is 2.00 bits per heavy atom. The van der Waals surface area contributed by atoms with E-state index in [-0.39, 0.29) is 0 Å². The van der Waals surface area contributed by atoms with Crippen LogP contribution in [0.3, 0.4) is 0 Å². The van der Waals surface area contributed by atoms with Crippen molar-refractivity contribution in [2.45, 2.75) is 44.6 Å². The minimum Gasteiger partial charge on any atom is -0.314 e. The summed E-state index contributed by atoms with van der Waals surface area (Å²) in [7, 11) is 0. The molecule has 1 N–H and O–H groups in total. The maximum atomic E-state index is 6.31. The van der Waals surface area contributed by atoms with Crippen molar-refractivity contribution in [3.05, 3.63) is 34.9 Å². The quantitative estimate of drug-likeness (QED) is 0.841. The molecule has 0 unspecified atom stereocenters. The zero-order chi connectivity index (χ0) is 11.6. The lowest BCUT2D eigenvalue weighted by molar-refractivity contribution is 0.228. The Morgan fingerprint density at radius 3 is 2.50 bits per heavy atom. The minimum atomic E-state index is 0.294. The third-order valence-electron chi connectivity index (χ3n) is 3.60. The average Bonchev–Trinajstić information content (AvgIpc) is 2.18. The zero-order valence-electron chi connectivity index (χ0n) is 10.1. The summed E-state index contributed by atoms with van der Waals surface area (Å²) in [5, 5.41) is 4.48. The molecular weight excluding hydrogens is 218 g/mol. The van der Waals surface area contributed by atoms with Crippen LogP contribution in [0.4, 0.5) is 0 Å². The molecular formula is C14H20ClN. The van der Waals surface area contributed by atoms with E-state index in [0.717, 1.165) is 11.6 Å². The van der Waals surface area contributed by atoms with Crippen molar-refractivity contribution >= 4 is 11.6 Å². The van der Waals surface area contributed by atoms with Crippen LogP contribution < -0.4 is 5.32 Å². The molecule has 0 heterocycles. The van der Waals surface area contributed by atoms with Gasteiger partial charge in [-0.3, -0.25) is 0 Å². The van der Waals surface area contributed by atoms with E-state index in [2.05, 4.69) is 31.3 Å². The van der Waals surface area contributed by atoms with Gasteiger partial charge in [-0.25, -0.2) is 0 Å². The van der Waals surface area contributed by atoms with Crippen LogP contribution in [0.15, 0.2) is 24.3 Å². The van der Waals surface area contributed by atoms with Gasteiger partial charge in [-0.1, -0.05) is 50.1 Å². The fraction of sp³-hybridized carbons (Fsp3) is 0.571. The van der Waals surface area contributed by atoms with Crippen LogP contribution in [-0.2, 0) is 5.41 Å². The van der Waals surface area contributed by atoms with Crippen molar-refractivity contribution < 1.29 is 0 Å². The van der Waals surface area contributed by atoms with E-state index in [4.69, 9.17) is 11.6 Å². The molecule has 0 spiro atoms. The van der Waals surface area contributed by atoms with Gasteiger partial charge in [-0.2, -0.15) is 0 Å². The lowest BCUT2D eigenvalue weighted by Gasteiger charge is -2.43. The molecule has 0 radical (unpaired) electrons. The van der Waals surface area contributed by atoms with E-state index in [0.29, 0.717) is 11.5 Å². The van der Waals surface area contributed by atoms with E-state index in [1.54, 1.807) is 0 Å². The first-order valence-electron chi connectivity index (χ1n) is 6.12. The molecule has 1 saturated carbocycles. The molecule has 1 aliphatic carbocycles. The molecule has 1 nitrogen and oxygen atoms in total. The number of nitrogens with one attached hydrogen (secondary N) is 1. The second-order valence-corrected chi connectivity index (χ2v) is 5.56. The lowest BCUT2D eigenvalue weighted by Crippen LogP contribution is -2.45. The Bertz CT molecular complexity index is 356. The summed E-state index contributed by atoms with van der Waals surface area (Å²) in [6.07, 6.45) is 3.85. The van der Waals surface area contributed by atoms with Crippen LogP contribution in [0, 0.1) is 0 Å². The molecule has 1 aliphatic rings. The summed E-state index contributed by atoms with van der Waals surface area (Å²) in [6, 6.07) is 8.83. The predicted molar refractivity (Wildman–Crippen MR) is 70.1 cm³/mol. The Hall–Kier alpha value is -0.530. The van der Waals surface area contributed by atoms with Gasteiger partial charge in [0.05, 0.1) is 0 Å². The van der Waals surface area contributed by atoms with E-state index in [9.17, 15) is 0 Å². The Balaban J connectivity index is 2.18. The van der Waals surface area contributed by atoms with Crippen molar-refractivity contribution in [2.24, 2.45) is 0 Å². The van der Waals surface area contributed by atoms with Crippen LogP contribution in [0.2, 0.25) is 5.02 Å². The van der Waals surface area contributed by atoms with Crippen LogP contribution >= 0.6 is 11.6 Å². The van der Waals surface area contributed by atoms with E-state index >= 15 is 0 Å². The predicted octanol–water partition coefficient (Wildman–Crippen LogP) is 3.76. The second-order valence-electron chi connectivity index (χ2n) is 5.15. The Kier molecular flexibility index (Phi) is 3.56. The summed E-state index contributed by atoms with van der Waals surface area (Å²) in [5.74, 6) is 0. The highest BCUT2D eigenvalue weighted by Gasteiger charge is 2.39. The van der Waals surface area contributed by atoms with Crippen molar-refractivity contribution in [1.29, 1.82) is 0 Å². The average molecular weight is 238 g/mol. The highest BCUT2D eigenvalue weighted by molar-refractivity contribution is 6.31. The van der Waals surface area contributed by atoms with Gasteiger partial charge in [0, 0.05) is 23.0 Å². The fourth-order valence-electron chi connectivity index (χ4n) is 2.44. The number of rotatable bonds is 4. The molecule has 16 heavy (non-hydrogen) atoms. The molecule has 2 heteroatoms. The largest absolute Gasteiger partial charge is 0.314 e. The standard InChI is InChI=1S/C14H20ClN/c1-11(2)16-10-14(8-5-9-14)12-6-3-4-7-13(12)15/h3-4,6-7,11,16H,5,8-10H2,1-2H3. The summed E-state index contributed by atoms with van der Waals surface area (Å²) in [5.41, 5.74) is 1.62. The van der Waals surface area contributed by atoms with Crippen LogP contribution in [0.1, 0.15) is 38.7 Å². The van der Waals surface area contributed by atoms with Gasteiger partial charge in [0.25, 0.3) is 0 Å². The van der Waals surface area contributed by atoms with Gasteiger partial charge in [0.1, 0.15) is 0 Å². The molecule has 2 rings (SSSR count). The topological polar surface area (TPSA) is 12.0 Å². The maximum Gasteiger partial charge on any atom is 0.0444 e. The monoisotopic (exact) mass is 237 g/mol. The Labute approximate surface area is 103 Å². The number of benzene rings is 1. The third-order valence-corrected chi connectivity index (χ3v) is 3.93. The molecule has 1 aromatic carbocycles. The minimum absolute atomic E-state index is 0.294. The summed E-state index contributed by atoms with van der Waals surface area (Å²) in [6.45, 7) is 5.44. The normalized spacial score (nSPS) is 18.5.